The van der Waals surface area contributed by atoms with Gasteiger partial charge in [0.15, 0.2) is 12.3 Å². The molecule has 1 aromatic heterocycles. The molecule has 10 nitrogen and oxygen atoms in total. The van der Waals surface area contributed by atoms with Crippen molar-refractivity contribution in [3.8, 4) is 0 Å². The van der Waals surface area contributed by atoms with Crippen LogP contribution in [0.25, 0.3) is 0 Å². The second kappa shape index (κ2) is 5.92. The van der Waals surface area contributed by atoms with Crippen molar-refractivity contribution < 1.29 is 28.9 Å². The molecular formula is C9H13N3O7P+. The standard InChI is InChI=1S/C9H12N3O7P/c10-5-1-2-12(9(15)11-5)8-6(14)7(19-20(16)17)4(3-13)18-8/h1-2,4,6-8,13-14H,3H2,(H2-,10,11,15,16,17)/p+1/t4-,6-,7-,8-/m1/s1. The number of aliphatic hydroxyl groups is 2. The minimum Gasteiger partial charge on any atom is -0.394 e. The molecule has 1 unspecified atom stereocenters. The number of nitrogens with two attached hydrogens (primary N) is 1. The highest BCUT2D eigenvalue weighted by Gasteiger charge is 2.49. The third kappa shape index (κ3) is 2.85. The van der Waals surface area contributed by atoms with Crippen molar-refractivity contribution >= 4 is 14.1 Å². The monoisotopic (exact) mass is 306 g/mol. The average molecular weight is 306 g/mol. The number of rotatable bonds is 4. The van der Waals surface area contributed by atoms with E-state index in [0.717, 1.165) is 4.57 Å². The molecule has 1 saturated heterocycles. The second-order valence-corrected chi connectivity index (χ2v) is 4.77. The van der Waals surface area contributed by atoms with E-state index in [0.29, 0.717) is 0 Å². The lowest BCUT2D eigenvalue weighted by Crippen LogP contribution is -2.36. The van der Waals surface area contributed by atoms with Crippen LogP contribution in [0.1, 0.15) is 6.23 Å². The number of aromatic nitrogens is 2. The summed E-state index contributed by atoms with van der Waals surface area (Å²) in [6.45, 7) is -0.557. The molecule has 0 spiro atoms. The summed E-state index contributed by atoms with van der Waals surface area (Å²) in [5.41, 5.74) is 4.58. The molecular weight excluding hydrogens is 293 g/mol. The molecule has 11 heteroatoms. The molecule has 0 radical (unpaired) electrons. The summed E-state index contributed by atoms with van der Waals surface area (Å²) in [7, 11) is -3.00. The van der Waals surface area contributed by atoms with Crippen LogP contribution in [0.4, 0.5) is 5.82 Å². The highest BCUT2D eigenvalue weighted by Crippen LogP contribution is 2.34. The zero-order chi connectivity index (χ0) is 14.9. The van der Waals surface area contributed by atoms with Gasteiger partial charge in [-0.1, -0.05) is 0 Å². The molecule has 1 aromatic rings. The van der Waals surface area contributed by atoms with Crippen molar-refractivity contribution in [2.24, 2.45) is 0 Å². The smallest absolute Gasteiger partial charge is 0.394 e. The minimum atomic E-state index is -3.00. The van der Waals surface area contributed by atoms with Crippen molar-refractivity contribution in [2.75, 3.05) is 12.3 Å². The Morgan fingerprint density at radius 3 is 2.85 bits per heavy atom. The van der Waals surface area contributed by atoms with Crippen molar-refractivity contribution in [1.29, 1.82) is 0 Å². The topological polar surface area (TPSA) is 157 Å². The number of nitrogens with zero attached hydrogens (tertiary/aromatic N) is 2. The van der Waals surface area contributed by atoms with Gasteiger partial charge in [-0.3, -0.25) is 4.57 Å². The SMILES string of the molecule is Nc1ccn([C@@H]2O[C@H](CO)[C@@H](O[P+](=O)O)[C@H]2O)c(=O)n1. The second-order valence-electron chi connectivity index (χ2n) is 4.09. The minimum absolute atomic E-state index is 0.00341. The van der Waals surface area contributed by atoms with E-state index in [9.17, 15) is 14.5 Å². The Balaban J connectivity index is 2.29. The molecule has 0 aliphatic carbocycles. The van der Waals surface area contributed by atoms with Gasteiger partial charge in [0.1, 0.15) is 18.0 Å². The van der Waals surface area contributed by atoms with Gasteiger partial charge in [-0.05, 0) is 6.07 Å². The first kappa shape index (κ1) is 15.0. The maximum Gasteiger partial charge on any atom is 0.695 e. The van der Waals surface area contributed by atoms with E-state index in [-0.39, 0.29) is 5.82 Å². The van der Waals surface area contributed by atoms with E-state index < -0.39 is 45.1 Å². The number of ether oxygens (including phenoxy) is 1. The molecule has 1 aliphatic rings. The van der Waals surface area contributed by atoms with Gasteiger partial charge in [0.2, 0.25) is 0 Å². The number of aliphatic hydroxyl groups excluding tert-OH is 2. The third-order valence-electron chi connectivity index (χ3n) is 2.83. The van der Waals surface area contributed by atoms with Crippen LogP contribution in [-0.4, -0.2) is 49.6 Å². The van der Waals surface area contributed by atoms with Crippen LogP contribution in [0.15, 0.2) is 17.1 Å². The van der Waals surface area contributed by atoms with E-state index in [1.54, 1.807) is 0 Å². The predicted molar refractivity (Wildman–Crippen MR) is 64.6 cm³/mol. The van der Waals surface area contributed by atoms with E-state index >= 15 is 0 Å². The molecule has 0 amide bonds. The van der Waals surface area contributed by atoms with Crippen LogP contribution >= 0.6 is 8.25 Å². The largest absolute Gasteiger partial charge is 0.695 e. The summed E-state index contributed by atoms with van der Waals surface area (Å²) < 4.78 is 21.5. The van der Waals surface area contributed by atoms with Gasteiger partial charge in [0.25, 0.3) is 0 Å². The van der Waals surface area contributed by atoms with E-state index in [2.05, 4.69) is 9.51 Å². The molecule has 0 aromatic carbocycles. The Bertz CT molecular complexity index is 565. The van der Waals surface area contributed by atoms with Gasteiger partial charge in [-0.25, -0.2) is 4.79 Å². The van der Waals surface area contributed by atoms with Gasteiger partial charge < -0.3 is 20.7 Å². The molecule has 20 heavy (non-hydrogen) atoms. The average Bonchev–Trinajstić information content (AvgIpc) is 2.67. The third-order valence-corrected chi connectivity index (χ3v) is 3.25. The first-order chi connectivity index (χ1) is 9.43. The van der Waals surface area contributed by atoms with Crippen LogP contribution in [0.3, 0.4) is 0 Å². The van der Waals surface area contributed by atoms with Crippen molar-refractivity contribution in [3.63, 3.8) is 0 Å². The summed E-state index contributed by atoms with van der Waals surface area (Å²) in [4.78, 5) is 23.9. The van der Waals surface area contributed by atoms with Crippen LogP contribution in [0.5, 0.6) is 0 Å². The zero-order valence-corrected chi connectivity index (χ0v) is 11.0. The summed E-state index contributed by atoms with van der Waals surface area (Å²) in [5, 5.41) is 19.2. The Hall–Kier alpha value is -1.42. The predicted octanol–water partition coefficient (Wildman–Crippen LogP) is -1.89. The summed E-state index contributed by atoms with van der Waals surface area (Å²) >= 11 is 0. The number of anilines is 1. The fraction of sp³-hybridized carbons (Fsp3) is 0.556. The zero-order valence-electron chi connectivity index (χ0n) is 10.1. The maximum absolute atomic E-state index is 11.7. The lowest BCUT2D eigenvalue weighted by molar-refractivity contribution is -0.0544. The van der Waals surface area contributed by atoms with Gasteiger partial charge in [-0.2, -0.15) is 4.98 Å². The van der Waals surface area contributed by atoms with Gasteiger partial charge in [-0.15, -0.1) is 9.42 Å². The first-order valence-electron chi connectivity index (χ1n) is 5.56. The highest BCUT2D eigenvalue weighted by molar-refractivity contribution is 7.32. The molecule has 5 N–H and O–H groups in total. The van der Waals surface area contributed by atoms with Gasteiger partial charge >= 0.3 is 13.9 Å². The van der Waals surface area contributed by atoms with Crippen molar-refractivity contribution in [2.45, 2.75) is 24.5 Å². The van der Waals surface area contributed by atoms with E-state index in [1.165, 1.54) is 12.3 Å². The summed E-state index contributed by atoms with van der Waals surface area (Å²) in [6, 6.07) is 1.33. The van der Waals surface area contributed by atoms with Crippen LogP contribution < -0.4 is 11.4 Å². The molecule has 2 rings (SSSR count). The molecule has 2 heterocycles. The van der Waals surface area contributed by atoms with Crippen LogP contribution in [0, 0.1) is 0 Å². The Labute approximate surface area is 113 Å². The molecule has 0 bridgehead atoms. The lowest BCUT2D eigenvalue weighted by atomic mass is 10.1. The van der Waals surface area contributed by atoms with Gasteiger partial charge in [0, 0.05) is 10.8 Å². The first-order valence-corrected chi connectivity index (χ1v) is 6.69. The Kier molecular flexibility index (Phi) is 4.43. The Morgan fingerprint density at radius 2 is 2.30 bits per heavy atom. The Morgan fingerprint density at radius 1 is 1.60 bits per heavy atom. The summed E-state index contributed by atoms with van der Waals surface area (Å²) in [6.07, 6.45) is -3.67. The van der Waals surface area contributed by atoms with Gasteiger partial charge in [0.05, 0.1) is 6.61 Å². The van der Waals surface area contributed by atoms with E-state index in [1.807, 2.05) is 0 Å². The fourth-order valence-corrected chi connectivity index (χ4v) is 2.42. The number of nitrogen functional groups attached to an aromatic ring is 1. The van der Waals surface area contributed by atoms with Crippen molar-refractivity contribution in [3.05, 3.63) is 22.7 Å². The molecule has 1 fully saturated rings. The summed E-state index contributed by atoms with van der Waals surface area (Å²) in [5.74, 6) is 0.00341. The van der Waals surface area contributed by atoms with Crippen LogP contribution in [0.2, 0.25) is 0 Å². The molecule has 5 atom stereocenters. The van der Waals surface area contributed by atoms with E-state index in [4.69, 9.17) is 20.5 Å². The fourth-order valence-electron chi connectivity index (χ4n) is 1.95. The lowest BCUT2D eigenvalue weighted by Gasteiger charge is -2.16. The quantitative estimate of drug-likeness (QED) is 0.467. The normalized spacial score (nSPS) is 30.4. The highest BCUT2D eigenvalue weighted by atomic mass is 31.1. The number of hydrogen-bond donors (Lipinski definition) is 4. The molecule has 1 aliphatic heterocycles. The maximum atomic E-state index is 11.7. The van der Waals surface area contributed by atoms with Crippen molar-refractivity contribution in [1.82, 2.24) is 9.55 Å². The molecule has 110 valence electrons. The van der Waals surface area contributed by atoms with Crippen LogP contribution in [-0.2, 0) is 13.8 Å². The molecule has 0 saturated carbocycles. The number of hydrogen-bond acceptors (Lipinski definition) is 8.